The third-order valence-corrected chi connectivity index (χ3v) is 4.31. The first-order chi connectivity index (χ1) is 12.0. The fraction of sp³-hybridized carbons (Fsp3) is 0.353. The minimum atomic E-state index is -1.80. The zero-order valence-corrected chi connectivity index (χ0v) is 17.5. The summed E-state index contributed by atoms with van der Waals surface area (Å²) >= 11 is 23.3. The van der Waals surface area contributed by atoms with Crippen LogP contribution >= 0.6 is 47.0 Å². The number of thiocarbonyl (C=S) groups is 1. The summed E-state index contributed by atoms with van der Waals surface area (Å²) in [5, 5.41) is 9.68. The molecule has 5 nitrogen and oxygen atoms in total. The molecule has 2 rings (SSSR count). The van der Waals surface area contributed by atoms with E-state index >= 15 is 0 Å². The fourth-order valence-corrected chi connectivity index (χ4v) is 2.60. The number of nitrogens with zero attached hydrogens (tertiary/aromatic N) is 1. The Bertz CT molecular complexity index is 812. The maximum absolute atomic E-state index is 12.2. The molecule has 2 aromatic rings. The summed E-state index contributed by atoms with van der Waals surface area (Å²) < 4.78 is -1.80. The number of anilines is 1. The highest BCUT2D eigenvalue weighted by atomic mass is 35.6. The number of pyridine rings is 1. The number of fused-ring (bicyclic) bond motifs is 1. The van der Waals surface area contributed by atoms with E-state index in [1.165, 1.54) is 0 Å². The molecule has 3 N–H and O–H groups in total. The Kier molecular flexibility index (Phi) is 6.55. The molecule has 1 unspecified atom stereocenters. The van der Waals surface area contributed by atoms with Crippen molar-refractivity contribution in [3.63, 3.8) is 0 Å². The molecule has 0 bridgehead atoms. The number of alkyl halides is 3. The van der Waals surface area contributed by atoms with Crippen LogP contribution in [-0.4, -0.2) is 26.0 Å². The zero-order chi connectivity index (χ0) is 19.5. The molecule has 0 radical (unpaired) electrons. The number of benzene rings is 1. The van der Waals surface area contributed by atoms with E-state index in [1.807, 2.05) is 30.3 Å². The van der Waals surface area contributed by atoms with E-state index in [0.717, 1.165) is 10.9 Å². The molecule has 1 heterocycles. The molecule has 1 aromatic carbocycles. The highest BCUT2D eigenvalue weighted by Crippen LogP contribution is 2.30. The Morgan fingerprint density at radius 1 is 1.12 bits per heavy atom. The van der Waals surface area contributed by atoms with Gasteiger partial charge in [0.1, 0.15) is 6.17 Å². The minimum absolute atomic E-state index is 0.189. The molecular weight excluding hydrogens is 415 g/mol. The van der Waals surface area contributed by atoms with Gasteiger partial charge in [-0.3, -0.25) is 9.78 Å². The second-order valence-corrected chi connectivity index (χ2v) is 9.45. The highest BCUT2D eigenvalue weighted by Gasteiger charge is 2.36. The quantitative estimate of drug-likeness (QED) is 0.381. The van der Waals surface area contributed by atoms with Crippen LogP contribution in [0.1, 0.15) is 20.8 Å². The van der Waals surface area contributed by atoms with E-state index in [4.69, 9.17) is 47.0 Å². The molecule has 0 aliphatic rings. The summed E-state index contributed by atoms with van der Waals surface area (Å²) in [5.74, 6) is -0.282. The van der Waals surface area contributed by atoms with E-state index in [2.05, 4.69) is 20.9 Å². The first kappa shape index (κ1) is 21.0. The van der Waals surface area contributed by atoms with Gasteiger partial charge in [-0.05, 0) is 24.4 Å². The van der Waals surface area contributed by atoms with Crippen LogP contribution in [0.25, 0.3) is 10.9 Å². The molecule has 1 amide bonds. The highest BCUT2D eigenvalue weighted by molar-refractivity contribution is 7.80. The lowest BCUT2D eigenvalue weighted by Crippen LogP contribution is -2.58. The van der Waals surface area contributed by atoms with Gasteiger partial charge in [-0.2, -0.15) is 0 Å². The van der Waals surface area contributed by atoms with E-state index in [9.17, 15) is 4.79 Å². The van der Waals surface area contributed by atoms with Crippen molar-refractivity contribution in [2.45, 2.75) is 30.7 Å². The van der Waals surface area contributed by atoms with Crippen molar-refractivity contribution >= 4 is 74.6 Å². The molecule has 140 valence electrons. The Morgan fingerprint density at radius 3 is 2.38 bits per heavy atom. The van der Waals surface area contributed by atoms with Gasteiger partial charge in [0.05, 0.1) is 11.2 Å². The standard InChI is InChI=1S/C17H19Cl3N4OS/c1-16(2,3)14(25)23-13(17(18,19)20)24-15(26)22-11-8-4-6-10-7-5-9-21-12(10)11/h4-9,13H,1-3H3,(H,23,25)(H2,22,24,26). The Balaban J connectivity index is 2.15. The maximum Gasteiger partial charge on any atom is 0.228 e. The van der Waals surface area contributed by atoms with Gasteiger partial charge in [-0.25, -0.2) is 0 Å². The van der Waals surface area contributed by atoms with Crippen LogP contribution in [0.15, 0.2) is 36.5 Å². The average molecular weight is 434 g/mol. The number of carbonyl (C=O) groups excluding carboxylic acids is 1. The Hall–Kier alpha value is -1.34. The summed E-state index contributed by atoms with van der Waals surface area (Å²) in [6.07, 6.45) is 0.680. The number of carbonyl (C=O) groups is 1. The van der Waals surface area contributed by atoms with Gasteiger partial charge in [-0.15, -0.1) is 0 Å². The van der Waals surface area contributed by atoms with Crippen molar-refractivity contribution in [3.8, 4) is 0 Å². The summed E-state index contributed by atoms with van der Waals surface area (Å²) in [7, 11) is 0. The van der Waals surface area contributed by atoms with Crippen molar-refractivity contribution in [3.05, 3.63) is 36.5 Å². The Labute approximate surface area is 172 Å². The lowest BCUT2D eigenvalue weighted by atomic mass is 9.95. The van der Waals surface area contributed by atoms with Crippen LogP contribution in [-0.2, 0) is 4.79 Å². The number of halogens is 3. The lowest BCUT2D eigenvalue weighted by molar-refractivity contribution is -0.129. The molecule has 1 aromatic heterocycles. The van der Waals surface area contributed by atoms with Crippen LogP contribution in [0.2, 0.25) is 0 Å². The van der Waals surface area contributed by atoms with Crippen LogP contribution in [0.5, 0.6) is 0 Å². The monoisotopic (exact) mass is 432 g/mol. The second kappa shape index (κ2) is 8.13. The van der Waals surface area contributed by atoms with E-state index < -0.39 is 15.4 Å². The zero-order valence-electron chi connectivity index (χ0n) is 14.4. The summed E-state index contributed by atoms with van der Waals surface area (Å²) in [5.41, 5.74) is 0.805. The Morgan fingerprint density at radius 2 is 1.77 bits per heavy atom. The van der Waals surface area contributed by atoms with Gasteiger partial charge >= 0.3 is 0 Å². The fourth-order valence-electron chi connectivity index (χ4n) is 2.04. The van der Waals surface area contributed by atoms with Gasteiger partial charge in [-0.1, -0.05) is 73.8 Å². The van der Waals surface area contributed by atoms with Gasteiger partial charge in [0.15, 0.2) is 5.11 Å². The van der Waals surface area contributed by atoms with Crippen LogP contribution in [0.4, 0.5) is 5.69 Å². The van der Waals surface area contributed by atoms with Crippen LogP contribution in [0, 0.1) is 5.41 Å². The number of nitrogens with one attached hydrogen (secondary N) is 3. The second-order valence-electron chi connectivity index (χ2n) is 6.68. The minimum Gasteiger partial charge on any atom is -0.339 e. The molecular formula is C17H19Cl3N4OS. The lowest BCUT2D eigenvalue weighted by Gasteiger charge is -2.30. The molecule has 0 fully saturated rings. The van der Waals surface area contributed by atoms with E-state index in [0.29, 0.717) is 5.69 Å². The predicted octanol–water partition coefficient (Wildman–Crippen LogP) is 4.38. The van der Waals surface area contributed by atoms with Gasteiger partial charge < -0.3 is 16.0 Å². The number of hydrogen-bond donors (Lipinski definition) is 3. The molecule has 26 heavy (non-hydrogen) atoms. The average Bonchev–Trinajstić information content (AvgIpc) is 2.52. The number of hydrogen-bond acceptors (Lipinski definition) is 3. The SMILES string of the molecule is CC(C)(C)C(=O)NC(NC(=S)Nc1cccc2cccnc12)C(Cl)(Cl)Cl. The molecule has 0 saturated carbocycles. The first-order valence-corrected chi connectivity index (χ1v) is 9.31. The number of para-hydroxylation sites is 1. The summed E-state index contributed by atoms with van der Waals surface area (Å²) in [6, 6.07) is 9.45. The van der Waals surface area contributed by atoms with Crippen molar-refractivity contribution in [1.29, 1.82) is 0 Å². The van der Waals surface area contributed by atoms with Gasteiger partial charge in [0, 0.05) is 17.0 Å². The smallest absolute Gasteiger partial charge is 0.228 e. The molecule has 1 atom stereocenters. The van der Waals surface area contributed by atoms with Crippen LogP contribution in [0.3, 0.4) is 0 Å². The number of aromatic nitrogens is 1. The topological polar surface area (TPSA) is 66.1 Å². The van der Waals surface area contributed by atoms with Crippen molar-refractivity contribution in [1.82, 2.24) is 15.6 Å². The largest absolute Gasteiger partial charge is 0.339 e. The molecule has 0 aliphatic carbocycles. The van der Waals surface area contributed by atoms with Crippen molar-refractivity contribution in [2.75, 3.05) is 5.32 Å². The normalized spacial score (nSPS) is 13.2. The summed E-state index contributed by atoms with van der Waals surface area (Å²) in [4.78, 5) is 16.6. The van der Waals surface area contributed by atoms with E-state index in [-0.39, 0.29) is 11.0 Å². The molecule has 0 aliphatic heterocycles. The summed E-state index contributed by atoms with van der Waals surface area (Å²) in [6.45, 7) is 5.28. The number of amides is 1. The third kappa shape index (κ3) is 5.58. The molecule has 0 saturated heterocycles. The van der Waals surface area contributed by atoms with Gasteiger partial charge in [0.25, 0.3) is 0 Å². The van der Waals surface area contributed by atoms with Crippen molar-refractivity contribution in [2.24, 2.45) is 5.41 Å². The van der Waals surface area contributed by atoms with Crippen molar-refractivity contribution < 1.29 is 4.79 Å². The maximum atomic E-state index is 12.2. The molecule has 9 heteroatoms. The first-order valence-electron chi connectivity index (χ1n) is 7.77. The van der Waals surface area contributed by atoms with E-state index in [1.54, 1.807) is 27.0 Å². The number of rotatable bonds is 3. The third-order valence-electron chi connectivity index (χ3n) is 3.44. The predicted molar refractivity (Wildman–Crippen MR) is 113 cm³/mol. The van der Waals surface area contributed by atoms with Gasteiger partial charge in [0.2, 0.25) is 9.70 Å². The van der Waals surface area contributed by atoms with Crippen LogP contribution < -0.4 is 16.0 Å². The molecule has 0 spiro atoms.